The molecule has 0 spiro atoms. The standard InChI is InChI=1S/C13H18N2O.ClH/c1-9-5-3-6-11(10(9)2)15-13(16)12-7-4-8-14-12;/h3,5-6,12,14H,4,7-8H2,1-2H3,(H,15,16);1H/t12-;/m0./s1. The lowest BCUT2D eigenvalue weighted by Gasteiger charge is -2.13. The first-order valence-corrected chi connectivity index (χ1v) is 5.79. The second-order valence-electron chi connectivity index (χ2n) is 4.39. The van der Waals surface area contributed by atoms with E-state index in [-0.39, 0.29) is 24.4 Å². The van der Waals surface area contributed by atoms with Crippen LogP contribution in [0.1, 0.15) is 24.0 Å². The Hall–Kier alpha value is -1.06. The van der Waals surface area contributed by atoms with Crippen molar-refractivity contribution in [3.05, 3.63) is 29.3 Å². The van der Waals surface area contributed by atoms with Crippen molar-refractivity contribution >= 4 is 24.0 Å². The molecule has 0 bridgehead atoms. The highest BCUT2D eigenvalue weighted by Crippen LogP contribution is 2.18. The van der Waals surface area contributed by atoms with Crippen LogP contribution in [-0.4, -0.2) is 18.5 Å². The van der Waals surface area contributed by atoms with Gasteiger partial charge in [0.1, 0.15) is 0 Å². The SMILES string of the molecule is Cc1cccc(NC(=O)[C@@H]2CCCN2)c1C.Cl. The van der Waals surface area contributed by atoms with Gasteiger partial charge in [-0.15, -0.1) is 12.4 Å². The zero-order valence-electron chi connectivity index (χ0n) is 10.2. The number of benzene rings is 1. The molecule has 1 fully saturated rings. The minimum Gasteiger partial charge on any atom is -0.324 e. The van der Waals surface area contributed by atoms with E-state index < -0.39 is 0 Å². The Balaban J connectivity index is 0.00000144. The summed E-state index contributed by atoms with van der Waals surface area (Å²) in [7, 11) is 0. The largest absolute Gasteiger partial charge is 0.324 e. The van der Waals surface area contributed by atoms with Crippen molar-refractivity contribution in [3.8, 4) is 0 Å². The monoisotopic (exact) mass is 254 g/mol. The normalized spacial score (nSPS) is 18.6. The van der Waals surface area contributed by atoms with Gasteiger partial charge in [-0.3, -0.25) is 4.79 Å². The molecule has 1 atom stereocenters. The van der Waals surface area contributed by atoms with Crippen molar-refractivity contribution in [2.45, 2.75) is 32.7 Å². The molecule has 1 aliphatic heterocycles. The van der Waals surface area contributed by atoms with Crippen LogP contribution in [0.4, 0.5) is 5.69 Å². The third-order valence-corrected chi connectivity index (χ3v) is 3.24. The number of halogens is 1. The van der Waals surface area contributed by atoms with Gasteiger partial charge in [-0.25, -0.2) is 0 Å². The molecule has 2 N–H and O–H groups in total. The molecule has 4 heteroatoms. The summed E-state index contributed by atoms with van der Waals surface area (Å²) >= 11 is 0. The maximum absolute atomic E-state index is 11.9. The molecule has 1 aliphatic rings. The van der Waals surface area contributed by atoms with Crippen molar-refractivity contribution in [2.75, 3.05) is 11.9 Å². The van der Waals surface area contributed by atoms with Crippen molar-refractivity contribution in [1.82, 2.24) is 5.32 Å². The summed E-state index contributed by atoms with van der Waals surface area (Å²) < 4.78 is 0. The highest BCUT2D eigenvalue weighted by molar-refractivity contribution is 5.95. The molecule has 0 radical (unpaired) electrons. The maximum Gasteiger partial charge on any atom is 0.241 e. The predicted octanol–water partition coefficient (Wildman–Crippen LogP) is 2.42. The van der Waals surface area contributed by atoms with Crippen molar-refractivity contribution in [3.63, 3.8) is 0 Å². The Morgan fingerprint density at radius 3 is 2.82 bits per heavy atom. The molecular weight excluding hydrogens is 236 g/mol. The van der Waals surface area contributed by atoms with Crippen LogP contribution in [0.15, 0.2) is 18.2 Å². The molecule has 0 aliphatic carbocycles. The van der Waals surface area contributed by atoms with Crippen LogP contribution in [0.3, 0.4) is 0 Å². The highest BCUT2D eigenvalue weighted by Gasteiger charge is 2.22. The molecule has 0 aromatic heterocycles. The van der Waals surface area contributed by atoms with Gasteiger partial charge in [0, 0.05) is 5.69 Å². The lowest BCUT2D eigenvalue weighted by atomic mass is 10.1. The first kappa shape index (κ1) is 14.0. The smallest absolute Gasteiger partial charge is 0.241 e. The number of rotatable bonds is 2. The molecule has 0 unspecified atom stereocenters. The lowest BCUT2D eigenvalue weighted by Crippen LogP contribution is -2.35. The van der Waals surface area contributed by atoms with E-state index in [9.17, 15) is 4.79 Å². The van der Waals surface area contributed by atoms with Gasteiger partial charge in [-0.1, -0.05) is 12.1 Å². The molecule has 0 saturated carbocycles. The molecule has 17 heavy (non-hydrogen) atoms. The molecule has 1 amide bonds. The molecule has 3 nitrogen and oxygen atoms in total. The summed E-state index contributed by atoms with van der Waals surface area (Å²) in [5, 5.41) is 6.19. The van der Waals surface area contributed by atoms with E-state index in [4.69, 9.17) is 0 Å². The number of hydrogen-bond donors (Lipinski definition) is 2. The van der Waals surface area contributed by atoms with Gasteiger partial charge in [-0.2, -0.15) is 0 Å². The summed E-state index contributed by atoms with van der Waals surface area (Å²) in [6.07, 6.45) is 2.03. The van der Waals surface area contributed by atoms with Crippen molar-refractivity contribution in [1.29, 1.82) is 0 Å². The Kier molecular flexibility index (Phi) is 4.97. The number of anilines is 1. The highest BCUT2D eigenvalue weighted by atomic mass is 35.5. The van der Waals surface area contributed by atoms with Gasteiger partial charge in [0.2, 0.25) is 5.91 Å². The third-order valence-electron chi connectivity index (χ3n) is 3.24. The third kappa shape index (κ3) is 3.20. The summed E-state index contributed by atoms with van der Waals surface area (Å²) in [5.74, 6) is 0.0891. The summed E-state index contributed by atoms with van der Waals surface area (Å²) in [6, 6.07) is 5.97. The molecule has 1 saturated heterocycles. The van der Waals surface area contributed by atoms with Crippen LogP contribution >= 0.6 is 12.4 Å². The van der Waals surface area contributed by atoms with Crippen LogP contribution < -0.4 is 10.6 Å². The zero-order chi connectivity index (χ0) is 11.5. The number of nitrogens with one attached hydrogen (secondary N) is 2. The van der Waals surface area contributed by atoms with Gasteiger partial charge in [-0.05, 0) is 50.4 Å². The fraction of sp³-hybridized carbons (Fsp3) is 0.462. The molecule has 1 aromatic rings. The van der Waals surface area contributed by atoms with E-state index in [0.29, 0.717) is 0 Å². The number of aryl methyl sites for hydroxylation is 1. The summed E-state index contributed by atoms with van der Waals surface area (Å²) in [4.78, 5) is 11.9. The van der Waals surface area contributed by atoms with Crippen molar-refractivity contribution in [2.24, 2.45) is 0 Å². The first-order chi connectivity index (χ1) is 7.68. The van der Waals surface area contributed by atoms with Gasteiger partial charge < -0.3 is 10.6 Å². The van der Waals surface area contributed by atoms with Gasteiger partial charge >= 0.3 is 0 Å². The maximum atomic E-state index is 11.9. The number of hydrogen-bond acceptors (Lipinski definition) is 2. The van der Waals surface area contributed by atoms with E-state index in [1.807, 2.05) is 19.1 Å². The lowest BCUT2D eigenvalue weighted by molar-refractivity contribution is -0.117. The van der Waals surface area contributed by atoms with E-state index in [1.54, 1.807) is 0 Å². The zero-order valence-corrected chi connectivity index (χ0v) is 11.1. The summed E-state index contributed by atoms with van der Waals surface area (Å²) in [5.41, 5.74) is 3.28. The van der Waals surface area contributed by atoms with Gasteiger partial charge in [0.15, 0.2) is 0 Å². The minimum absolute atomic E-state index is 0. The molecular formula is C13H19ClN2O. The molecule has 1 aromatic carbocycles. The van der Waals surface area contributed by atoms with E-state index in [2.05, 4.69) is 23.6 Å². The Morgan fingerprint density at radius 1 is 1.41 bits per heavy atom. The van der Waals surface area contributed by atoms with Crippen LogP contribution in [-0.2, 0) is 4.79 Å². The fourth-order valence-corrected chi connectivity index (χ4v) is 2.01. The quantitative estimate of drug-likeness (QED) is 0.851. The first-order valence-electron chi connectivity index (χ1n) is 5.79. The van der Waals surface area contributed by atoms with E-state index in [1.165, 1.54) is 5.56 Å². The van der Waals surface area contributed by atoms with Crippen LogP contribution in [0.5, 0.6) is 0 Å². The van der Waals surface area contributed by atoms with Gasteiger partial charge in [0.05, 0.1) is 6.04 Å². The van der Waals surface area contributed by atoms with E-state index >= 15 is 0 Å². The molecule has 94 valence electrons. The van der Waals surface area contributed by atoms with Crippen LogP contribution in [0.25, 0.3) is 0 Å². The Labute approximate surface area is 108 Å². The second kappa shape index (κ2) is 6.03. The average molecular weight is 255 g/mol. The minimum atomic E-state index is -0.0140. The van der Waals surface area contributed by atoms with Crippen molar-refractivity contribution < 1.29 is 4.79 Å². The van der Waals surface area contributed by atoms with Crippen LogP contribution in [0.2, 0.25) is 0 Å². The Bertz CT molecular complexity index is 400. The topological polar surface area (TPSA) is 41.1 Å². The number of carbonyl (C=O) groups is 1. The van der Waals surface area contributed by atoms with E-state index in [0.717, 1.165) is 30.6 Å². The molecule has 2 rings (SSSR count). The predicted molar refractivity (Wildman–Crippen MR) is 72.8 cm³/mol. The Morgan fingerprint density at radius 2 is 2.18 bits per heavy atom. The fourth-order valence-electron chi connectivity index (χ4n) is 2.01. The second-order valence-corrected chi connectivity index (χ2v) is 4.39. The number of amides is 1. The average Bonchev–Trinajstić information content (AvgIpc) is 2.78. The van der Waals surface area contributed by atoms with Crippen LogP contribution in [0, 0.1) is 13.8 Å². The summed E-state index contributed by atoms with van der Waals surface area (Å²) in [6.45, 7) is 5.04. The van der Waals surface area contributed by atoms with Gasteiger partial charge in [0.25, 0.3) is 0 Å². The molecule has 1 heterocycles. The number of carbonyl (C=O) groups excluding carboxylic acids is 1.